The van der Waals surface area contributed by atoms with E-state index in [1.54, 1.807) is 11.1 Å². The summed E-state index contributed by atoms with van der Waals surface area (Å²) in [6.45, 7) is 6.85. The second kappa shape index (κ2) is 10.1. The highest BCUT2D eigenvalue weighted by molar-refractivity contribution is 5.85. The van der Waals surface area contributed by atoms with Crippen LogP contribution >= 0.6 is 0 Å². The largest absolute Gasteiger partial charge is 0.493 e. The first-order valence-corrected chi connectivity index (χ1v) is 12.7. The molecule has 1 amide bonds. The van der Waals surface area contributed by atoms with Crippen LogP contribution in [0.2, 0.25) is 0 Å². The smallest absolute Gasteiger partial charge is 0.410 e. The van der Waals surface area contributed by atoms with E-state index in [2.05, 4.69) is 17.1 Å². The minimum atomic E-state index is -0.566. The first kappa shape index (κ1) is 24.6. The number of fused-ring (bicyclic) bond motifs is 1. The van der Waals surface area contributed by atoms with E-state index in [9.17, 15) is 4.79 Å². The molecule has 4 aromatic rings. The molecule has 0 unspecified atom stereocenters. The number of benzene rings is 2. The van der Waals surface area contributed by atoms with Gasteiger partial charge in [-0.3, -0.25) is 9.30 Å². The number of amides is 1. The molecule has 2 aromatic carbocycles. The van der Waals surface area contributed by atoms with Crippen molar-refractivity contribution < 1.29 is 14.3 Å². The minimum absolute atomic E-state index is 0.210. The van der Waals surface area contributed by atoms with Crippen LogP contribution < -0.4 is 10.5 Å². The highest BCUT2D eigenvalue weighted by Crippen LogP contribution is 2.37. The molecule has 0 spiro atoms. The van der Waals surface area contributed by atoms with Crippen LogP contribution in [-0.4, -0.2) is 44.1 Å². The molecule has 3 heterocycles. The summed E-state index contributed by atoms with van der Waals surface area (Å²) in [5.74, 6) is 1.94. The third-order valence-corrected chi connectivity index (χ3v) is 6.42. The number of hydrogen-bond acceptors (Lipinski definition) is 6. The zero-order chi connectivity index (χ0) is 26.0. The highest BCUT2D eigenvalue weighted by Gasteiger charge is 2.36. The lowest BCUT2D eigenvalue weighted by Crippen LogP contribution is -2.36. The molecular weight excluding hydrogens is 466 g/mol. The van der Waals surface area contributed by atoms with Crippen LogP contribution in [0.25, 0.3) is 16.8 Å². The van der Waals surface area contributed by atoms with Gasteiger partial charge in [0.2, 0.25) is 0 Å². The van der Waals surface area contributed by atoms with E-state index >= 15 is 0 Å². The number of nitrogens with zero attached hydrogens (tertiary/aromatic N) is 4. The number of ether oxygens (including phenoxy) is 2. The molecule has 8 nitrogen and oxygen atoms in total. The number of anilines is 1. The molecule has 2 aromatic heterocycles. The van der Waals surface area contributed by atoms with Gasteiger partial charge < -0.3 is 15.2 Å². The second-order valence-corrected chi connectivity index (χ2v) is 10.3. The number of carbonyl (C=O) groups excluding carboxylic acids is 1. The van der Waals surface area contributed by atoms with Crippen LogP contribution in [0.4, 0.5) is 10.6 Å². The summed E-state index contributed by atoms with van der Waals surface area (Å²) in [4.78, 5) is 24.0. The molecule has 1 aliphatic heterocycles. The third kappa shape index (κ3) is 5.38. The van der Waals surface area contributed by atoms with Crippen LogP contribution in [0.15, 0.2) is 67.0 Å². The molecule has 192 valence electrons. The first-order valence-electron chi connectivity index (χ1n) is 12.7. The molecule has 2 N–H and O–H groups in total. The molecule has 1 atom stereocenters. The Labute approximate surface area is 217 Å². The standard InChI is InChI=1S/C29H33N5O3/c1-29(2,3)37-28(35)33-17-7-10-23(33)27-32-24(25-26(30)31-16-18-34(25)27)21-11-13-22(14-12-21)36-19-15-20-8-5-4-6-9-20/h4-6,8-9,11-14,16,18,23H,7,10,15,17,19H2,1-3H3,(H2,30,31)/t23-/m0/s1. The number of nitrogens with two attached hydrogens (primary N) is 1. The monoisotopic (exact) mass is 499 g/mol. The molecular formula is C29H33N5O3. The number of aromatic nitrogens is 3. The zero-order valence-corrected chi connectivity index (χ0v) is 21.6. The van der Waals surface area contributed by atoms with Gasteiger partial charge >= 0.3 is 6.09 Å². The summed E-state index contributed by atoms with van der Waals surface area (Å²) in [6.07, 6.45) is 5.71. The van der Waals surface area contributed by atoms with Crippen LogP contribution in [0.1, 0.15) is 51.0 Å². The van der Waals surface area contributed by atoms with Gasteiger partial charge in [0.15, 0.2) is 0 Å². The second-order valence-electron chi connectivity index (χ2n) is 10.3. The Morgan fingerprint density at radius 1 is 1.11 bits per heavy atom. The zero-order valence-electron chi connectivity index (χ0n) is 21.6. The van der Waals surface area contributed by atoms with Crippen molar-refractivity contribution in [3.63, 3.8) is 0 Å². The van der Waals surface area contributed by atoms with Crippen LogP contribution in [-0.2, 0) is 11.2 Å². The van der Waals surface area contributed by atoms with Crippen molar-refractivity contribution in [2.45, 2.75) is 51.7 Å². The van der Waals surface area contributed by atoms with Gasteiger partial charge in [-0.05, 0) is 63.4 Å². The fourth-order valence-electron chi connectivity index (χ4n) is 4.74. The molecule has 1 fully saturated rings. The maximum atomic E-state index is 13.0. The third-order valence-electron chi connectivity index (χ3n) is 6.42. The Hall–Kier alpha value is -4.07. The number of rotatable bonds is 6. The van der Waals surface area contributed by atoms with E-state index in [4.69, 9.17) is 20.2 Å². The topological polar surface area (TPSA) is 95.0 Å². The van der Waals surface area contributed by atoms with Gasteiger partial charge in [0.05, 0.1) is 12.6 Å². The lowest BCUT2D eigenvalue weighted by molar-refractivity contribution is 0.0218. The molecule has 0 radical (unpaired) electrons. The molecule has 0 bridgehead atoms. The van der Waals surface area contributed by atoms with Gasteiger partial charge in [0.25, 0.3) is 0 Å². The van der Waals surface area contributed by atoms with Gasteiger partial charge in [-0.15, -0.1) is 0 Å². The van der Waals surface area contributed by atoms with Crippen LogP contribution in [0.5, 0.6) is 5.75 Å². The molecule has 8 heteroatoms. The number of nitrogen functional groups attached to an aromatic ring is 1. The average Bonchev–Trinajstić information content (AvgIpc) is 3.50. The van der Waals surface area contributed by atoms with Crippen LogP contribution in [0.3, 0.4) is 0 Å². The first-order chi connectivity index (χ1) is 17.8. The van der Waals surface area contributed by atoms with Gasteiger partial charge in [0, 0.05) is 30.9 Å². The fourth-order valence-corrected chi connectivity index (χ4v) is 4.74. The summed E-state index contributed by atoms with van der Waals surface area (Å²) in [5.41, 5.74) is 9.37. The molecule has 0 aliphatic carbocycles. The van der Waals surface area contributed by atoms with Gasteiger partial charge in [-0.25, -0.2) is 14.8 Å². The molecule has 37 heavy (non-hydrogen) atoms. The van der Waals surface area contributed by atoms with Gasteiger partial charge in [0.1, 0.15) is 34.2 Å². The maximum Gasteiger partial charge on any atom is 0.410 e. The maximum absolute atomic E-state index is 13.0. The normalized spacial score (nSPS) is 15.8. The number of carbonyl (C=O) groups is 1. The van der Waals surface area contributed by atoms with Crippen molar-refractivity contribution in [3.8, 4) is 17.0 Å². The Bertz CT molecular complexity index is 1380. The van der Waals surface area contributed by atoms with E-state index in [-0.39, 0.29) is 12.1 Å². The predicted octanol–water partition coefficient (Wildman–Crippen LogP) is 5.67. The summed E-state index contributed by atoms with van der Waals surface area (Å²) in [5, 5.41) is 0. The Kier molecular flexibility index (Phi) is 6.74. The number of likely N-dealkylation sites (tertiary alicyclic amines) is 1. The van der Waals surface area contributed by atoms with Crippen molar-refractivity contribution >= 4 is 17.4 Å². The fraction of sp³-hybridized carbons (Fsp3) is 0.345. The Balaban J connectivity index is 1.40. The molecule has 1 saturated heterocycles. The quantitative estimate of drug-likeness (QED) is 0.367. The van der Waals surface area contributed by atoms with Crippen LogP contribution in [0, 0.1) is 0 Å². The van der Waals surface area contributed by atoms with Crippen molar-refractivity contribution in [1.29, 1.82) is 0 Å². The van der Waals surface area contributed by atoms with Crippen molar-refractivity contribution in [3.05, 3.63) is 78.4 Å². The Morgan fingerprint density at radius 2 is 1.86 bits per heavy atom. The van der Waals surface area contributed by atoms with Crippen molar-refractivity contribution in [1.82, 2.24) is 19.3 Å². The number of hydrogen-bond donors (Lipinski definition) is 1. The van der Waals surface area contributed by atoms with Gasteiger partial charge in [-0.2, -0.15) is 0 Å². The summed E-state index contributed by atoms with van der Waals surface area (Å²) in [7, 11) is 0. The molecule has 1 aliphatic rings. The summed E-state index contributed by atoms with van der Waals surface area (Å²) < 4.78 is 13.6. The summed E-state index contributed by atoms with van der Waals surface area (Å²) >= 11 is 0. The SMILES string of the molecule is CC(C)(C)OC(=O)N1CCC[C@H]1c1nc(-c2ccc(OCCc3ccccc3)cc2)c2c(N)nccn12. The number of imidazole rings is 1. The minimum Gasteiger partial charge on any atom is -0.493 e. The Morgan fingerprint density at radius 3 is 2.59 bits per heavy atom. The van der Waals surface area contributed by atoms with E-state index in [1.807, 2.05) is 73.8 Å². The average molecular weight is 500 g/mol. The van der Waals surface area contributed by atoms with E-state index in [0.717, 1.165) is 47.6 Å². The summed E-state index contributed by atoms with van der Waals surface area (Å²) in [6, 6.07) is 17.9. The molecule has 5 rings (SSSR count). The van der Waals surface area contributed by atoms with E-state index < -0.39 is 5.60 Å². The lowest BCUT2D eigenvalue weighted by Gasteiger charge is -2.28. The molecule has 0 saturated carbocycles. The van der Waals surface area contributed by atoms with Gasteiger partial charge in [-0.1, -0.05) is 30.3 Å². The predicted molar refractivity (Wildman–Crippen MR) is 143 cm³/mol. The van der Waals surface area contributed by atoms with E-state index in [0.29, 0.717) is 19.0 Å². The van der Waals surface area contributed by atoms with Crippen molar-refractivity contribution in [2.24, 2.45) is 0 Å². The highest BCUT2D eigenvalue weighted by atomic mass is 16.6. The van der Waals surface area contributed by atoms with E-state index in [1.165, 1.54) is 5.56 Å². The lowest BCUT2D eigenvalue weighted by atomic mass is 10.1. The van der Waals surface area contributed by atoms with Crippen molar-refractivity contribution in [2.75, 3.05) is 18.9 Å².